The van der Waals surface area contributed by atoms with Gasteiger partial charge in [-0.15, -0.1) is 0 Å². The summed E-state index contributed by atoms with van der Waals surface area (Å²) in [6.45, 7) is 11.8. The molecule has 0 aliphatic heterocycles. The number of carbonyl (C=O) groups is 1. The third-order valence-corrected chi connectivity index (χ3v) is 2.26. The van der Waals surface area contributed by atoms with Crippen molar-refractivity contribution in [2.45, 2.75) is 39.8 Å². The van der Waals surface area contributed by atoms with E-state index in [2.05, 4.69) is 11.9 Å². The van der Waals surface area contributed by atoms with Crippen LogP contribution in [0.3, 0.4) is 0 Å². The average Bonchev–Trinajstić information content (AvgIpc) is 2.24. The van der Waals surface area contributed by atoms with Gasteiger partial charge in [0.1, 0.15) is 5.60 Å². The largest absolute Gasteiger partial charge is 0.444 e. The Morgan fingerprint density at radius 1 is 1.39 bits per heavy atom. The molecule has 0 saturated carbocycles. The lowest BCUT2D eigenvalue weighted by molar-refractivity contribution is 0.0523. The van der Waals surface area contributed by atoms with Crippen molar-refractivity contribution in [3.63, 3.8) is 0 Å². The van der Waals surface area contributed by atoms with Crippen LogP contribution in [0.15, 0.2) is 30.8 Å². The highest BCUT2D eigenvalue weighted by Crippen LogP contribution is 2.13. The fourth-order valence-corrected chi connectivity index (χ4v) is 1.44. The molecular weight excluding hydrogens is 226 g/mol. The molecular formula is C15H21NO2. The Hall–Kier alpha value is -1.77. The molecule has 1 rings (SSSR count). The summed E-state index contributed by atoms with van der Waals surface area (Å²) in [6, 6.07) is 7.93. The number of benzene rings is 1. The third-order valence-electron chi connectivity index (χ3n) is 2.26. The maximum atomic E-state index is 11.5. The first-order valence-corrected chi connectivity index (χ1v) is 5.99. The molecule has 0 aliphatic rings. The highest BCUT2D eigenvalue weighted by molar-refractivity contribution is 5.68. The Kier molecular flexibility index (Phi) is 4.54. The van der Waals surface area contributed by atoms with E-state index in [4.69, 9.17) is 4.74 Å². The van der Waals surface area contributed by atoms with Gasteiger partial charge in [0.15, 0.2) is 0 Å². The molecule has 0 fully saturated rings. The number of allylic oxidation sites excluding steroid dienone is 1. The first-order chi connectivity index (χ1) is 8.28. The molecule has 0 heterocycles. The van der Waals surface area contributed by atoms with Gasteiger partial charge in [-0.2, -0.15) is 0 Å². The summed E-state index contributed by atoms with van der Waals surface area (Å²) >= 11 is 0. The Morgan fingerprint density at radius 3 is 2.61 bits per heavy atom. The van der Waals surface area contributed by atoms with E-state index in [1.165, 1.54) is 0 Å². The lowest BCUT2D eigenvalue weighted by Crippen LogP contribution is -2.32. The Balaban J connectivity index is 2.56. The second kappa shape index (κ2) is 5.71. The van der Waals surface area contributed by atoms with Gasteiger partial charge in [0.2, 0.25) is 0 Å². The molecule has 3 nitrogen and oxygen atoms in total. The number of hydrogen-bond donors (Lipinski definition) is 1. The minimum atomic E-state index is -0.469. The van der Waals surface area contributed by atoms with Crippen molar-refractivity contribution in [2.24, 2.45) is 0 Å². The molecule has 0 saturated heterocycles. The van der Waals surface area contributed by atoms with Crippen LogP contribution >= 0.6 is 0 Å². The van der Waals surface area contributed by atoms with Crippen LogP contribution < -0.4 is 5.32 Å². The van der Waals surface area contributed by atoms with Crippen molar-refractivity contribution < 1.29 is 9.53 Å². The standard InChI is InChI=1S/C15H21NO2/c1-11(2)13-8-6-7-12(9-13)10-16-14(17)18-15(3,4)5/h6-9H,1,10H2,2-5H3,(H,16,17). The van der Waals surface area contributed by atoms with E-state index < -0.39 is 11.7 Å². The number of alkyl carbamates (subject to hydrolysis) is 1. The van der Waals surface area contributed by atoms with Gasteiger partial charge in [0.05, 0.1) is 0 Å². The van der Waals surface area contributed by atoms with Crippen molar-refractivity contribution in [1.82, 2.24) is 5.32 Å². The van der Waals surface area contributed by atoms with Crippen LogP contribution in [0.1, 0.15) is 38.8 Å². The van der Waals surface area contributed by atoms with E-state index in [1.54, 1.807) is 0 Å². The van der Waals surface area contributed by atoms with Gasteiger partial charge < -0.3 is 10.1 Å². The summed E-state index contributed by atoms with van der Waals surface area (Å²) in [6.07, 6.45) is -0.400. The summed E-state index contributed by atoms with van der Waals surface area (Å²) in [5, 5.41) is 2.73. The predicted octanol–water partition coefficient (Wildman–Crippen LogP) is 3.74. The Labute approximate surface area is 109 Å². The average molecular weight is 247 g/mol. The smallest absolute Gasteiger partial charge is 0.407 e. The lowest BCUT2D eigenvalue weighted by atomic mass is 10.1. The fourth-order valence-electron chi connectivity index (χ4n) is 1.44. The summed E-state index contributed by atoms with van der Waals surface area (Å²) < 4.78 is 5.17. The van der Waals surface area contributed by atoms with Gasteiger partial charge in [-0.25, -0.2) is 4.79 Å². The van der Waals surface area contributed by atoms with Crippen molar-refractivity contribution in [3.05, 3.63) is 42.0 Å². The number of hydrogen-bond acceptors (Lipinski definition) is 2. The highest BCUT2D eigenvalue weighted by atomic mass is 16.6. The van der Waals surface area contributed by atoms with E-state index >= 15 is 0 Å². The molecule has 1 aromatic rings. The van der Waals surface area contributed by atoms with Crippen molar-refractivity contribution in [2.75, 3.05) is 0 Å². The Bertz CT molecular complexity index is 444. The lowest BCUT2D eigenvalue weighted by Gasteiger charge is -2.19. The van der Waals surface area contributed by atoms with E-state index in [-0.39, 0.29) is 0 Å². The van der Waals surface area contributed by atoms with Crippen LogP contribution in [-0.4, -0.2) is 11.7 Å². The second-order valence-electron chi connectivity index (χ2n) is 5.34. The van der Waals surface area contributed by atoms with Crippen LogP contribution in [0.25, 0.3) is 5.57 Å². The third kappa shape index (κ3) is 5.04. The summed E-state index contributed by atoms with van der Waals surface area (Å²) in [5.74, 6) is 0. The van der Waals surface area contributed by atoms with Gasteiger partial charge >= 0.3 is 6.09 Å². The molecule has 0 unspecified atom stereocenters. The first-order valence-electron chi connectivity index (χ1n) is 5.99. The molecule has 0 spiro atoms. The van der Waals surface area contributed by atoms with Gasteiger partial charge in [0, 0.05) is 6.54 Å². The summed E-state index contributed by atoms with van der Waals surface area (Å²) in [4.78, 5) is 11.5. The van der Waals surface area contributed by atoms with Crippen molar-refractivity contribution in [1.29, 1.82) is 0 Å². The normalized spacial score (nSPS) is 10.9. The van der Waals surface area contributed by atoms with Crippen molar-refractivity contribution in [3.8, 4) is 0 Å². The topological polar surface area (TPSA) is 38.3 Å². The molecule has 18 heavy (non-hydrogen) atoms. The molecule has 1 aromatic carbocycles. The molecule has 98 valence electrons. The van der Waals surface area contributed by atoms with Crippen LogP contribution in [-0.2, 0) is 11.3 Å². The maximum absolute atomic E-state index is 11.5. The van der Waals surface area contributed by atoms with Crippen LogP contribution in [0, 0.1) is 0 Å². The van der Waals surface area contributed by atoms with Gasteiger partial charge in [0.25, 0.3) is 0 Å². The summed E-state index contributed by atoms with van der Waals surface area (Å²) in [5.41, 5.74) is 2.65. The van der Waals surface area contributed by atoms with E-state index in [0.717, 1.165) is 16.7 Å². The monoisotopic (exact) mass is 247 g/mol. The Morgan fingerprint density at radius 2 is 2.06 bits per heavy atom. The number of ether oxygens (including phenoxy) is 1. The molecule has 0 aliphatic carbocycles. The number of carbonyl (C=O) groups excluding carboxylic acids is 1. The molecule has 0 radical (unpaired) electrons. The number of rotatable bonds is 3. The second-order valence-corrected chi connectivity index (χ2v) is 5.34. The van der Waals surface area contributed by atoms with E-state index in [0.29, 0.717) is 6.54 Å². The predicted molar refractivity (Wildman–Crippen MR) is 74.2 cm³/mol. The van der Waals surface area contributed by atoms with Crippen LogP contribution in [0.2, 0.25) is 0 Å². The minimum Gasteiger partial charge on any atom is -0.444 e. The molecule has 0 aromatic heterocycles. The van der Waals surface area contributed by atoms with Crippen LogP contribution in [0.5, 0.6) is 0 Å². The zero-order valence-corrected chi connectivity index (χ0v) is 11.5. The summed E-state index contributed by atoms with van der Waals surface area (Å²) in [7, 11) is 0. The number of nitrogens with one attached hydrogen (secondary N) is 1. The van der Waals surface area contributed by atoms with Crippen molar-refractivity contribution >= 4 is 11.7 Å². The zero-order chi connectivity index (χ0) is 13.8. The molecule has 1 amide bonds. The molecule has 1 N–H and O–H groups in total. The van der Waals surface area contributed by atoms with Gasteiger partial charge in [-0.1, -0.05) is 30.4 Å². The SMILES string of the molecule is C=C(C)c1cccc(CNC(=O)OC(C)(C)C)c1. The van der Waals surface area contributed by atoms with Crippen LogP contribution in [0.4, 0.5) is 4.79 Å². The first kappa shape index (κ1) is 14.3. The molecule has 0 bridgehead atoms. The maximum Gasteiger partial charge on any atom is 0.407 e. The highest BCUT2D eigenvalue weighted by Gasteiger charge is 2.15. The fraction of sp³-hybridized carbons (Fsp3) is 0.400. The van der Waals surface area contributed by atoms with Gasteiger partial charge in [-0.3, -0.25) is 0 Å². The quantitative estimate of drug-likeness (QED) is 0.883. The van der Waals surface area contributed by atoms with E-state index in [9.17, 15) is 4.79 Å². The minimum absolute atomic E-state index is 0.400. The molecule has 3 heteroatoms. The van der Waals surface area contributed by atoms with E-state index in [1.807, 2.05) is 52.0 Å². The zero-order valence-electron chi connectivity index (χ0n) is 11.5. The molecule has 0 atom stereocenters. The number of amides is 1. The van der Waals surface area contributed by atoms with Gasteiger partial charge in [-0.05, 0) is 44.9 Å².